The molecule has 16 aromatic rings. The Morgan fingerprint density at radius 2 is 0.789 bits per heavy atom. The summed E-state index contributed by atoms with van der Waals surface area (Å²) in [5.74, 6) is 1.64. The van der Waals surface area contributed by atoms with E-state index in [1.165, 1.54) is 16.3 Å². The maximum absolute atomic E-state index is 6.73. The minimum Gasteiger partial charge on any atom is -0.456 e. The Labute approximate surface area is 434 Å². The molecule has 0 bridgehead atoms. The molecule has 0 saturated carbocycles. The van der Waals surface area contributed by atoms with E-state index in [0.29, 0.717) is 17.5 Å². The Balaban J connectivity index is 0.867. The first-order valence-electron chi connectivity index (χ1n) is 25.5. The Kier molecular flexibility index (Phi) is 9.20. The maximum Gasteiger partial charge on any atom is 0.164 e. The molecular formula is C69H40N4O3. The van der Waals surface area contributed by atoms with Gasteiger partial charge >= 0.3 is 0 Å². The van der Waals surface area contributed by atoms with Gasteiger partial charge in [0.05, 0.1) is 11.0 Å². The minimum absolute atomic E-state index is 0.535. The third-order valence-corrected chi connectivity index (χ3v) is 15.1. The predicted octanol–water partition coefficient (Wildman–Crippen LogP) is 18.7. The lowest BCUT2D eigenvalue weighted by Gasteiger charge is -2.11. The van der Waals surface area contributed by atoms with Crippen molar-refractivity contribution >= 4 is 87.6 Å². The van der Waals surface area contributed by atoms with E-state index in [-0.39, 0.29) is 0 Å². The summed E-state index contributed by atoms with van der Waals surface area (Å²) in [6.07, 6.45) is 0. The number of aromatic nitrogens is 4. The van der Waals surface area contributed by atoms with Crippen LogP contribution >= 0.6 is 0 Å². The van der Waals surface area contributed by atoms with Gasteiger partial charge in [-0.2, -0.15) is 0 Å². The molecule has 5 heterocycles. The van der Waals surface area contributed by atoms with Crippen molar-refractivity contribution < 1.29 is 13.3 Å². The molecule has 0 radical (unpaired) electrons. The average molecular weight is 973 g/mol. The van der Waals surface area contributed by atoms with Crippen molar-refractivity contribution in [1.29, 1.82) is 0 Å². The summed E-state index contributed by atoms with van der Waals surface area (Å²) >= 11 is 0. The van der Waals surface area contributed by atoms with Gasteiger partial charge in [-0.05, 0) is 118 Å². The molecule has 7 heteroatoms. The van der Waals surface area contributed by atoms with Crippen molar-refractivity contribution in [1.82, 2.24) is 19.5 Å². The number of nitrogens with zero attached hydrogens (tertiary/aromatic N) is 4. The van der Waals surface area contributed by atoms with E-state index in [1.807, 2.05) is 66.7 Å². The molecule has 0 unspecified atom stereocenters. The van der Waals surface area contributed by atoms with Gasteiger partial charge in [-0.3, -0.25) is 0 Å². The van der Waals surface area contributed by atoms with Crippen LogP contribution in [0, 0.1) is 0 Å². The van der Waals surface area contributed by atoms with Gasteiger partial charge in [-0.15, -0.1) is 0 Å². The standard InChI is InChI=1S/C69H40N4O3/c1-4-15-41(16-5-1)44-28-32-51-52-33-29-46(39-63(52)76-62(51)38-44)68-70-67(42-17-6-2-7-18-42)71-69(72-68)54-23-14-26-61-66(54)56-35-45(30-34-60(56)74-61)55-36-47(40-64-65(55)53-22-11-13-25-59(53)75-64)43-27-31-50-49-21-10-12-24-57(49)73(58(50)37-43)48-19-8-3-9-20-48/h1-40H. The summed E-state index contributed by atoms with van der Waals surface area (Å²) in [6.45, 7) is 0. The summed E-state index contributed by atoms with van der Waals surface area (Å²) < 4.78 is 22.4. The first-order chi connectivity index (χ1) is 37.6. The van der Waals surface area contributed by atoms with Crippen LogP contribution in [0.2, 0.25) is 0 Å². The molecule has 0 fully saturated rings. The number of furan rings is 3. The average Bonchev–Trinajstić information content (AvgIpc) is 4.32. The van der Waals surface area contributed by atoms with Crippen LogP contribution in [0.15, 0.2) is 256 Å². The summed E-state index contributed by atoms with van der Waals surface area (Å²) in [7, 11) is 0. The lowest BCUT2D eigenvalue weighted by atomic mass is 9.93. The molecular weight excluding hydrogens is 933 g/mol. The van der Waals surface area contributed by atoms with Crippen LogP contribution in [0.25, 0.3) is 161 Å². The fourth-order valence-corrected chi connectivity index (χ4v) is 11.5. The summed E-state index contributed by atoms with van der Waals surface area (Å²) in [4.78, 5) is 15.6. The highest BCUT2D eigenvalue weighted by atomic mass is 16.3. The Hall–Kier alpha value is -10.4. The van der Waals surface area contributed by atoms with Crippen LogP contribution < -0.4 is 0 Å². The second-order valence-corrected chi connectivity index (χ2v) is 19.5. The van der Waals surface area contributed by atoms with Crippen molar-refractivity contribution in [3.8, 4) is 73.2 Å². The van der Waals surface area contributed by atoms with Crippen LogP contribution in [0.4, 0.5) is 0 Å². The van der Waals surface area contributed by atoms with E-state index in [1.54, 1.807) is 0 Å². The van der Waals surface area contributed by atoms with Crippen molar-refractivity contribution in [2.45, 2.75) is 0 Å². The van der Waals surface area contributed by atoms with E-state index >= 15 is 0 Å². The number of benzene rings is 11. The smallest absolute Gasteiger partial charge is 0.164 e. The zero-order valence-corrected chi connectivity index (χ0v) is 40.6. The molecule has 76 heavy (non-hydrogen) atoms. The number of para-hydroxylation sites is 3. The molecule has 11 aromatic carbocycles. The van der Waals surface area contributed by atoms with E-state index in [0.717, 1.165) is 127 Å². The normalized spacial score (nSPS) is 11.9. The van der Waals surface area contributed by atoms with E-state index in [9.17, 15) is 0 Å². The molecule has 0 saturated heterocycles. The Morgan fingerprint density at radius 1 is 0.250 bits per heavy atom. The van der Waals surface area contributed by atoms with Gasteiger partial charge in [-0.1, -0.05) is 158 Å². The lowest BCUT2D eigenvalue weighted by molar-refractivity contribution is 0.668. The topological polar surface area (TPSA) is 83.0 Å². The molecule has 0 N–H and O–H groups in total. The lowest BCUT2D eigenvalue weighted by Crippen LogP contribution is -2.00. The molecule has 0 amide bonds. The third-order valence-electron chi connectivity index (χ3n) is 15.1. The second kappa shape index (κ2) is 16.6. The quantitative estimate of drug-likeness (QED) is 0.158. The van der Waals surface area contributed by atoms with Crippen molar-refractivity contribution in [2.24, 2.45) is 0 Å². The van der Waals surface area contributed by atoms with Gasteiger partial charge in [-0.25, -0.2) is 15.0 Å². The Morgan fingerprint density at radius 3 is 1.59 bits per heavy atom. The molecule has 0 aliphatic heterocycles. The highest BCUT2D eigenvalue weighted by Crippen LogP contribution is 2.45. The van der Waals surface area contributed by atoms with Crippen LogP contribution in [-0.4, -0.2) is 19.5 Å². The molecule has 0 aliphatic rings. The fourth-order valence-electron chi connectivity index (χ4n) is 11.5. The van der Waals surface area contributed by atoms with Crippen LogP contribution in [0.3, 0.4) is 0 Å². The van der Waals surface area contributed by atoms with Gasteiger partial charge < -0.3 is 17.8 Å². The largest absolute Gasteiger partial charge is 0.456 e. The molecule has 5 aromatic heterocycles. The van der Waals surface area contributed by atoms with Crippen LogP contribution in [0.5, 0.6) is 0 Å². The van der Waals surface area contributed by atoms with Gasteiger partial charge in [0.25, 0.3) is 0 Å². The van der Waals surface area contributed by atoms with Gasteiger partial charge in [0.15, 0.2) is 17.5 Å². The highest BCUT2D eigenvalue weighted by molar-refractivity contribution is 6.17. The Bertz CT molecular complexity index is 4990. The molecule has 0 spiro atoms. The summed E-state index contributed by atoms with van der Waals surface area (Å²) in [5.41, 5.74) is 17.2. The summed E-state index contributed by atoms with van der Waals surface area (Å²) in [5, 5.41) is 8.48. The monoisotopic (exact) mass is 972 g/mol. The van der Waals surface area contributed by atoms with Crippen molar-refractivity contribution in [3.63, 3.8) is 0 Å². The maximum atomic E-state index is 6.73. The van der Waals surface area contributed by atoms with E-state index in [4.69, 9.17) is 28.2 Å². The number of hydrogen-bond donors (Lipinski definition) is 0. The van der Waals surface area contributed by atoms with Crippen molar-refractivity contribution in [2.75, 3.05) is 0 Å². The first kappa shape index (κ1) is 42.2. The summed E-state index contributed by atoms with van der Waals surface area (Å²) in [6, 6.07) is 84.5. The van der Waals surface area contributed by atoms with Crippen molar-refractivity contribution in [3.05, 3.63) is 243 Å². The van der Waals surface area contributed by atoms with Gasteiger partial charge in [0.1, 0.15) is 33.5 Å². The fraction of sp³-hybridized carbons (Fsp3) is 0. The molecule has 7 nitrogen and oxygen atoms in total. The zero-order chi connectivity index (χ0) is 49.8. The van der Waals surface area contributed by atoms with Gasteiger partial charge in [0, 0.05) is 65.5 Å². The number of fused-ring (bicyclic) bond motifs is 12. The van der Waals surface area contributed by atoms with Crippen LogP contribution in [0.1, 0.15) is 0 Å². The SMILES string of the molecule is c1ccc(-c2ccc3c(c2)oc2cc(-c4nc(-c5ccccc5)nc(-c5cccc6oc7ccc(-c8cc(-c9ccc%10c%11ccccc%11n(-c%11ccccc%11)c%10c9)cc9oc%10ccccc%10c89)cc7c56)n4)ccc23)cc1. The number of hydrogen-bond acceptors (Lipinski definition) is 6. The van der Waals surface area contributed by atoms with E-state index < -0.39 is 0 Å². The molecule has 0 atom stereocenters. The molecule has 0 aliphatic carbocycles. The molecule has 16 rings (SSSR count). The zero-order valence-electron chi connectivity index (χ0n) is 40.6. The second-order valence-electron chi connectivity index (χ2n) is 19.5. The third kappa shape index (κ3) is 6.66. The first-order valence-corrected chi connectivity index (χ1v) is 25.5. The minimum atomic E-state index is 0.535. The highest BCUT2D eigenvalue weighted by Gasteiger charge is 2.22. The van der Waals surface area contributed by atoms with Crippen LogP contribution in [-0.2, 0) is 0 Å². The number of rotatable bonds is 7. The predicted molar refractivity (Wildman–Crippen MR) is 309 cm³/mol. The van der Waals surface area contributed by atoms with E-state index in [2.05, 4.69) is 180 Å². The molecule has 354 valence electrons. The van der Waals surface area contributed by atoms with Gasteiger partial charge in [0.2, 0.25) is 0 Å².